The number of amides is 1. The van der Waals surface area contributed by atoms with E-state index < -0.39 is 53.9 Å². The fraction of sp³-hybridized carbons (Fsp3) is 0.261. The summed E-state index contributed by atoms with van der Waals surface area (Å²) in [4.78, 5) is 24.6. The smallest absolute Gasteiger partial charge is 0.415 e. The van der Waals surface area contributed by atoms with Crippen LogP contribution in [0.4, 0.5) is 44.1 Å². The zero-order valence-corrected chi connectivity index (χ0v) is 20.0. The third-order valence-electron chi connectivity index (χ3n) is 5.15. The number of alkyl halides is 3. The number of anilines is 3. The van der Waals surface area contributed by atoms with Crippen molar-refractivity contribution in [3.63, 3.8) is 0 Å². The number of ether oxygens (including phenoxy) is 1. The van der Waals surface area contributed by atoms with Gasteiger partial charge in [0.1, 0.15) is 29.4 Å². The summed E-state index contributed by atoms with van der Waals surface area (Å²) in [5, 5.41) is 4.33. The maximum atomic E-state index is 14.3. The van der Waals surface area contributed by atoms with Crippen molar-refractivity contribution in [2.24, 2.45) is 0 Å². The van der Waals surface area contributed by atoms with Crippen LogP contribution in [0.2, 0.25) is 0 Å². The highest BCUT2D eigenvalue weighted by Gasteiger charge is 2.37. The van der Waals surface area contributed by atoms with Gasteiger partial charge in [-0.25, -0.2) is 18.6 Å². The van der Waals surface area contributed by atoms with Crippen LogP contribution in [0.5, 0.6) is 0 Å². The Morgan fingerprint density at radius 3 is 2.39 bits per heavy atom. The summed E-state index contributed by atoms with van der Waals surface area (Å²) in [5.41, 5.74) is 12.0. The molecule has 0 bridgehead atoms. The van der Waals surface area contributed by atoms with Crippen molar-refractivity contribution in [1.82, 2.24) is 24.7 Å². The van der Waals surface area contributed by atoms with Gasteiger partial charge < -0.3 is 16.2 Å². The fourth-order valence-corrected chi connectivity index (χ4v) is 3.66. The van der Waals surface area contributed by atoms with Crippen molar-refractivity contribution >= 4 is 34.4 Å². The van der Waals surface area contributed by atoms with Crippen LogP contribution in [0, 0.1) is 11.6 Å². The second-order valence-electron chi connectivity index (χ2n) is 8.42. The van der Waals surface area contributed by atoms with Gasteiger partial charge in [-0.15, -0.1) is 0 Å². The first-order chi connectivity index (χ1) is 17.8. The number of nitrogens with zero attached hydrogens (tertiary/aromatic N) is 6. The molecule has 200 valence electrons. The van der Waals surface area contributed by atoms with Gasteiger partial charge >= 0.3 is 12.3 Å². The minimum atomic E-state index is -4.84. The van der Waals surface area contributed by atoms with Gasteiger partial charge in [0, 0.05) is 12.5 Å². The standard InChI is InChI=1S/C23H21F5N8O2/c1-11(2)38-22(37)35(10-23(26,27)28)18-19(29)32-21(33-20(18)30)36-16-8-13(24)9-31-17(16)15(34-36)7-12-5-3-4-6-14(12)25/h3-6,8-9,11H,7,10H2,1-2H3,(H4,29,30,32,33). The molecule has 1 aromatic carbocycles. The summed E-state index contributed by atoms with van der Waals surface area (Å²) in [5.74, 6) is -2.77. The Morgan fingerprint density at radius 1 is 1.13 bits per heavy atom. The predicted octanol–water partition coefficient (Wildman–Crippen LogP) is 4.16. The molecule has 0 unspecified atom stereocenters. The minimum absolute atomic E-state index is 0.0295. The average Bonchev–Trinajstić information content (AvgIpc) is 3.15. The molecule has 0 fully saturated rings. The van der Waals surface area contributed by atoms with E-state index in [0.717, 1.165) is 16.9 Å². The zero-order chi connectivity index (χ0) is 27.8. The zero-order valence-electron chi connectivity index (χ0n) is 20.0. The van der Waals surface area contributed by atoms with Gasteiger partial charge in [-0.3, -0.25) is 4.90 Å². The molecule has 10 nitrogen and oxygen atoms in total. The summed E-state index contributed by atoms with van der Waals surface area (Å²) in [6.45, 7) is 1.12. The van der Waals surface area contributed by atoms with E-state index in [2.05, 4.69) is 20.1 Å². The van der Waals surface area contributed by atoms with Crippen LogP contribution in [0.1, 0.15) is 25.1 Å². The molecule has 4 rings (SSSR count). The van der Waals surface area contributed by atoms with Crippen molar-refractivity contribution in [1.29, 1.82) is 0 Å². The Morgan fingerprint density at radius 2 is 1.79 bits per heavy atom. The molecule has 0 aliphatic rings. The molecule has 0 radical (unpaired) electrons. The molecule has 0 aliphatic carbocycles. The van der Waals surface area contributed by atoms with Crippen LogP contribution in [0.25, 0.3) is 17.0 Å². The number of carbonyl (C=O) groups is 1. The van der Waals surface area contributed by atoms with Crippen molar-refractivity contribution in [2.45, 2.75) is 32.5 Å². The molecule has 0 saturated carbocycles. The molecule has 3 aromatic heterocycles. The average molecular weight is 536 g/mol. The lowest BCUT2D eigenvalue weighted by Crippen LogP contribution is -2.41. The summed E-state index contributed by atoms with van der Waals surface area (Å²) >= 11 is 0. The maximum Gasteiger partial charge on any atom is 0.415 e. The first-order valence-electron chi connectivity index (χ1n) is 11.1. The number of aromatic nitrogens is 5. The Balaban J connectivity index is 1.83. The molecule has 0 spiro atoms. The lowest BCUT2D eigenvalue weighted by atomic mass is 10.1. The number of hydrogen-bond acceptors (Lipinski definition) is 8. The molecule has 0 atom stereocenters. The lowest BCUT2D eigenvalue weighted by molar-refractivity contribution is -0.119. The number of carbonyl (C=O) groups excluding carboxylic acids is 1. The Kier molecular flexibility index (Phi) is 7.02. The second kappa shape index (κ2) is 10.1. The SMILES string of the molecule is CC(C)OC(=O)N(CC(F)(F)F)c1c(N)nc(-n2nc(Cc3ccccc3F)c3ncc(F)cc32)nc1N. The largest absolute Gasteiger partial charge is 0.446 e. The molecule has 1 amide bonds. The van der Waals surface area contributed by atoms with Crippen LogP contribution in [0.3, 0.4) is 0 Å². The van der Waals surface area contributed by atoms with Crippen LogP contribution < -0.4 is 16.4 Å². The summed E-state index contributed by atoms with van der Waals surface area (Å²) < 4.78 is 74.1. The number of benzene rings is 1. The lowest BCUT2D eigenvalue weighted by Gasteiger charge is -2.26. The van der Waals surface area contributed by atoms with Crippen molar-refractivity contribution in [2.75, 3.05) is 22.9 Å². The van der Waals surface area contributed by atoms with Crippen molar-refractivity contribution in [3.8, 4) is 5.95 Å². The Hall–Kier alpha value is -4.56. The van der Waals surface area contributed by atoms with E-state index in [1.807, 2.05) is 0 Å². The third-order valence-corrected chi connectivity index (χ3v) is 5.15. The van der Waals surface area contributed by atoms with Gasteiger partial charge in [0.05, 0.1) is 23.5 Å². The Labute approximate surface area is 212 Å². The second-order valence-corrected chi connectivity index (χ2v) is 8.42. The van der Waals surface area contributed by atoms with Gasteiger partial charge in [-0.2, -0.15) is 32.9 Å². The van der Waals surface area contributed by atoms with Gasteiger partial charge in [0.25, 0.3) is 5.95 Å². The maximum absolute atomic E-state index is 14.3. The number of hydrogen-bond donors (Lipinski definition) is 2. The topological polar surface area (TPSA) is 138 Å². The summed E-state index contributed by atoms with van der Waals surface area (Å²) in [7, 11) is 0. The molecule has 4 N–H and O–H groups in total. The highest BCUT2D eigenvalue weighted by molar-refractivity contribution is 5.95. The van der Waals surface area contributed by atoms with Gasteiger partial charge in [0.15, 0.2) is 11.6 Å². The number of halogens is 5. The van der Waals surface area contributed by atoms with Crippen LogP contribution >= 0.6 is 0 Å². The number of rotatable bonds is 6. The van der Waals surface area contributed by atoms with Gasteiger partial charge in [-0.1, -0.05) is 18.2 Å². The molecule has 3 heterocycles. The number of fused-ring (bicyclic) bond motifs is 1. The van der Waals surface area contributed by atoms with Gasteiger partial charge in [-0.05, 0) is 25.5 Å². The monoisotopic (exact) mass is 536 g/mol. The highest BCUT2D eigenvalue weighted by atomic mass is 19.4. The fourth-order valence-electron chi connectivity index (χ4n) is 3.66. The van der Waals surface area contributed by atoms with E-state index >= 15 is 0 Å². The quantitative estimate of drug-likeness (QED) is 0.351. The summed E-state index contributed by atoms with van der Waals surface area (Å²) in [6.07, 6.45) is -6.03. The Bertz CT molecular complexity index is 1480. The molecule has 4 aromatic rings. The number of nitrogens with two attached hydrogens (primary N) is 2. The molecule has 38 heavy (non-hydrogen) atoms. The predicted molar refractivity (Wildman–Crippen MR) is 127 cm³/mol. The number of pyridine rings is 1. The van der Waals surface area contributed by atoms with E-state index in [0.29, 0.717) is 0 Å². The van der Waals surface area contributed by atoms with Crippen molar-refractivity contribution in [3.05, 3.63) is 59.4 Å². The normalized spacial score (nSPS) is 11.8. The number of nitrogen functional groups attached to an aromatic ring is 2. The van der Waals surface area contributed by atoms with Gasteiger partial charge in [0.2, 0.25) is 0 Å². The van der Waals surface area contributed by atoms with Crippen LogP contribution in [-0.2, 0) is 11.2 Å². The molecule has 0 aliphatic heterocycles. The van der Waals surface area contributed by atoms with E-state index in [4.69, 9.17) is 16.2 Å². The molecule has 0 saturated heterocycles. The van der Waals surface area contributed by atoms with Crippen LogP contribution in [0.15, 0.2) is 36.5 Å². The minimum Gasteiger partial charge on any atom is -0.446 e. The third kappa shape index (κ3) is 5.55. The molecule has 15 heteroatoms. The van der Waals surface area contributed by atoms with E-state index in [9.17, 15) is 26.7 Å². The van der Waals surface area contributed by atoms with Crippen molar-refractivity contribution < 1.29 is 31.5 Å². The summed E-state index contributed by atoms with van der Waals surface area (Å²) in [6, 6.07) is 7.02. The first kappa shape index (κ1) is 26.5. The first-order valence-corrected chi connectivity index (χ1v) is 11.1. The van der Waals surface area contributed by atoms with E-state index in [1.54, 1.807) is 6.07 Å². The molecular weight excluding hydrogens is 515 g/mol. The van der Waals surface area contributed by atoms with Crippen LogP contribution in [-0.4, -0.2) is 49.7 Å². The highest BCUT2D eigenvalue weighted by Crippen LogP contribution is 2.33. The molecular formula is C23H21F5N8O2. The van der Waals surface area contributed by atoms with E-state index in [1.165, 1.54) is 32.0 Å². The van der Waals surface area contributed by atoms with E-state index in [-0.39, 0.29) is 39.6 Å².